The van der Waals surface area contributed by atoms with Gasteiger partial charge in [0.2, 0.25) is 5.95 Å². The summed E-state index contributed by atoms with van der Waals surface area (Å²) in [5.74, 6) is 1.41. The first-order chi connectivity index (χ1) is 13.3. The van der Waals surface area contributed by atoms with Gasteiger partial charge in [0.05, 0.1) is 6.20 Å². The Kier molecular flexibility index (Phi) is 5.09. The Labute approximate surface area is 159 Å². The number of nitrogens with zero attached hydrogens (tertiary/aromatic N) is 6. The first kappa shape index (κ1) is 17.2. The third kappa shape index (κ3) is 4.31. The smallest absolute Gasteiger partial charge is 0.244 e. The predicted molar refractivity (Wildman–Crippen MR) is 107 cm³/mol. The van der Waals surface area contributed by atoms with E-state index < -0.39 is 0 Å². The quantitative estimate of drug-likeness (QED) is 0.749. The lowest BCUT2D eigenvalue weighted by Crippen LogP contribution is -2.47. The molecule has 1 fully saturated rings. The van der Waals surface area contributed by atoms with Crippen molar-refractivity contribution in [2.75, 3.05) is 41.3 Å². The molecule has 138 valence electrons. The van der Waals surface area contributed by atoms with Crippen molar-refractivity contribution in [3.63, 3.8) is 0 Å². The highest BCUT2D eigenvalue weighted by Crippen LogP contribution is 2.20. The highest BCUT2D eigenvalue weighted by molar-refractivity contribution is 5.51. The van der Waals surface area contributed by atoms with Crippen LogP contribution in [0.4, 0.5) is 17.5 Å². The lowest BCUT2D eigenvalue weighted by molar-refractivity contribution is 0.644. The van der Waals surface area contributed by atoms with Gasteiger partial charge < -0.3 is 15.1 Å². The topological polar surface area (TPSA) is 70.1 Å². The second-order valence-electron chi connectivity index (χ2n) is 6.66. The Hall–Kier alpha value is -3.22. The summed E-state index contributed by atoms with van der Waals surface area (Å²) in [6.45, 7) is 6.54. The van der Waals surface area contributed by atoms with Crippen molar-refractivity contribution >= 4 is 17.5 Å². The van der Waals surface area contributed by atoms with Gasteiger partial charge in [0.15, 0.2) is 5.82 Å². The maximum Gasteiger partial charge on any atom is 0.244 e. The molecular weight excluding hydrogens is 338 g/mol. The number of rotatable bonds is 5. The second kappa shape index (κ2) is 7.99. The van der Waals surface area contributed by atoms with Crippen LogP contribution in [-0.2, 0) is 6.54 Å². The van der Waals surface area contributed by atoms with Crippen molar-refractivity contribution in [3.8, 4) is 0 Å². The predicted octanol–water partition coefficient (Wildman–Crippen LogP) is 2.51. The Morgan fingerprint density at radius 2 is 1.78 bits per heavy atom. The molecule has 0 amide bonds. The van der Waals surface area contributed by atoms with E-state index in [1.165, 1.54) is 11.3 Å². The van der Waals surface area contributed by atoms with Gasteiger partial charge in [0, 0.05) is 50.8 Å². The minimum atomic E-state index is 0.547. The van der Waals surface area contributed by atoms with E-state index in [1.54, 1.807) is 18.6 Å². The fourth-order valence-corrected chi connectivity index (χ4v) is 3.22. The maximum absolute atomic E-state index is 4.63. The van der Waals surface area contributed by atoms with Crippen molar-refractivity contribution in [1.82, 2.24) is 20.2 Å². The molecule has 0 unspecified atom stereocenters. The van der Waals surface area contributed by atoms with Crippen molar-refractivity contribution in [1.29, 1.82) is 0 Å². The zero-order valence-corrected chi connectivity index (χ0v) is 15.4. The molecule has 7 heteroatoms. The summed E-state index contributed by atoms with van der Waals surface area (Å²) in [5, 5.41) is 11.4. The minimum absolute atomic E-state index is 0.547. The first-order valence-electron chi connectivity index (χ1n) is 9.17. The molecule has 7 nitrogen and oxygen atoms in total. The van der Waals surface area contributed by atoms with Crippen LogP contribution in [0.1, 0.15) is 11.1 Å². The largest absolute Gasteiger partial charge is 0.368 e. The normalized spacial score (nSPS) is 14.3. The molecule has 2 aromatic heterocycles. The van der Waals surface area contributed by atoms with Gasteiger partial charge in [-0.25, -0.2) is 0 Å². The third-order valence-corrected chi connectivity index (χ3v) is 4.72. The van der Waals surface area contributed by atoms with Crippen LogP contribution in [0.15, 0.2) is 55.0 Å². The van der Waals surface area contributed by atoms with Gasteiger partial charge in [0.25, 0.3) is 0 Å². The molecule has 1 saturated heterocycles. The van der Waals surface area contributed by atoms with Crippen LogP contribution < -0.4 is 15.1 Å². The summed E-state index contributed by atoms with van der Waals surface area (Å²) in [4.78, 5) is 13.3. The minimum Gasteiger partial charge on any atom is -0.368 e. The van der Waals surface area contributed by atoms with Crippen molar-refractivity contribution < 1.29 is 0 Å². The number of hydrogen-bond donors (Lipinski definition) is 1. The summed E-state index contributed by atoms with van der Waals surface area (Å²) < 4.78 is 0. The molecule has 27 heavy (non-hydrogen) atoms. The number of aryl methyl sites for hydroxylation is 1. The summed E-state index contributed by atoms with van der Waals surface area (Å²) in [5.41, 5.74) is 3.71. The Bertz CT molecular complexity index is 876. The van der Waals surface area contributed by atoms with Crippen LogP contribution in [0.3, 0.4) is 0 Å². The van der Waals surface area contributed by atoms with Crippen molar-refractivity contribution in [2.24, 2.45) is 0 Å². The molecule has 1 N–H and O–H groups in total. The van der Waals surface area contributed by atoms with Gasteiger partial charge >= 0.3 is 0 Å². The van der Waals surface area contributed by atoms with Crippen LogP contribution in [0, 0.1) is 6.92 Å². The van der Waals surface area contributed by atoms with Crippen molar-refractivity contribution in [2.45, 2.75) is 13.5 Å². The molecule has 4 rings (SSSR count). The van der Waals surface area contributed by atoms with Gasteiger partial charge in [-0.05, 0) is 42.3 Å². The zero-order valence-electron chi connectivity index (χ0n) is 15.4. The summed E-state index contributed by atoms with van der Waals surface area (Å²) in [6.07, 6.45) is 5.29. The monoisotopic (exact) mass is 361 g/mol. The molecule has 1 aromatic carbocycles. The van der Waals surface area contributed by atoms with Crippen LogP contribution in [0.5, 0.6) is 0 Å². The molecule has 3 heterocycles. The second-order valence-corrected chi connectivity index (χ2v) is 6.66. The van der Waals surface area contributed by atoms with Crippen LogP contribution >= 0.6 is 0 Å². The molecule has 0 saturated carbocycles. The van der Waals surface area contributed by atoms with Gasteiger partial charge in [-0.15, -0.1) is 5.10 Å². The molecule has 0 atom stereocenters. The average molecular weight is 361 g/mol. The number of hydrogen-bond acceptors (Lipinski definition) is 7. The number of anilines is 3. The molecular formula is C20H23N7. The standard InChI is InChI=1S/C20H23N7/c1-16-3-2-4-18(13-16)26-9-11-27(12-10-26)19-15-23-25-20(24-19)22-14-17-5-7-21-8-6-17/h2-8,13,15H,9-12,14H2,1H3,(H,22,24,25). The van der Waals surface area contributed by atoms with E-state index in [1.807, 2.05) is 12.1 Å². The van der Waals surface area contributed by atoms with Crippen LogP contribution in [-0.4, -0.2) is 46.3 Å². The van der Waals surface area contributed by atoms with E-state index >= 15 is 0 Å². The zero-order chi connectivity index (χ0) is 18.5. The highest BCUT2D eigenvalue weighted by atomic mass is 15.3. The van der Waals surface area contributed by atoms with Gasteiger partial charge in [-0.2, -0.15) is 10.1 Å². The molecule has 1 aliphatic rings. The maximum atomic E-state index is 4.63. The van der Waals surface area contributed by atoms with Gasteiger partial charge in [-0.1, -0.05) is 12.1 Å². The number of nitrogens with one attached hydrogen (secondary N) is 1. The molecule has 0 radical (unpaired) electrons. The van der Waals surface area contributed by atoms with E-state index in [4.69, 9.17) is 0 Å². The van der Waals surface area contributed by atoms with E-state index in [-0.39, 0.29) is 0 Å². The van der Waals surface area contributed by atoms with E-state index in [0.29, 0.717) is 12.5 Å². The first-order valence-corrected chi connectivity index (χ1v) is 9.17. The molecule has 0 spiro atoms. The van der Waals surface area contributed by atoms with Crippen LogP contribution in [0.25, 0.3) is 0 Å². The number of pyridine rings is 1. The van der Waals surface area contributed by atoms with Crippen molar-refractivity contribution in [3.05, 3.63) is 66.1 Å². The highest BCUT2D eigenvalue weighted by Gasteiger charge is 2.19. The number of aromatic nitrogens is 4. The molecule has 3 aromatic rings. The average Bonchev–Trinajstić information content (AvgIpc) is 2.73. The van der Waals surface area contributed by atoms with Crippen LogP contribution in [0.2, 0.25) is 0 Å². The Balaban J connectivity index is 1.37. The molecule has 0 bridgehead atoms. The fraction of sp³-hybridized carbons (Fsp3) is 0.300. The summed E-state index contributed by atoms with van der Waals surface area (Å²) >= 11 is 0. The lowest BCUT2D eigenvalue weighted by atomic mass is 10.2. The van der Waals surface area contributed by atoms with E-state index in [9.17, 15) is 0 Å². The Morgan fingerprint density at radius 3 is 2.56 bits per heavy atom. The number of piperazine rings is 1. The Morgan fingerprint density at radius 1 is 1.00 bits per heavy atom. The SMILES string of the molecule is Cc1cccc(N2CCN(c3cnnc(NCc4ccncc4)n3)CC2)c1. The van der Waals surface area contributed by atoms with E-state index in [2.05, 4.69) is 66.5 Å². The molecule has 0 aliphatic carbocycles. The summed E-state index contributed by atoms with van der Waals surface area (Å²) in [7, 11) is 0. The number of benzene rings is 1. The molecule has 1 aliphatic heterocycles. The van der Waals surface area contributed by atoms with Gasteiger partial charge in [-0.3, -0.25) is 4.98 Å². The third-order valence-electron chi connectivity index (χ3n) is 4.72. The lowest BCUT2D eigenvalue weighted by Gasteiger charge is -2.36. The van der Waals surface area contributed by atoms with E-state index in [0.717, 1.165) is 37.6 Å². The van der Waals surface area contributed by atoms with Gasteiger partial charge in [0.1, 0.15) is 0 Å². The fourth-order valence-electron chi connectivity index (χ4n) is 3.22. The summed E-state index contributed by atoms with van der Waals surface area (Å²) in [6, 6.07) is 12.6.